The Kier molecular flexibility index (Phi) is 4.83. The van der Waals surface area contributed by atoms with Crippen LogP contribution in [-0.4, -0.2) is 45.7 Å². The number of hydrogen-bond acceptors (Lipinski definition) is 4. The number of rotatable bonds is 5. The molecule has 0 radical (unpaired) electrons. The van der Waals surface area contributed by atoms with E-state index in [0.717, 1.165) is 0 Å². The molecular weight excluding hydrogens is 175 g/mol. The molecule has 0 saturated carbocycles. The van der Waals surface area contributed by atoms with Crippen LogP contribution in [-0.2, 0) is 9.30 Å². The summed E-state index contributed by atoms with van der Waals surface area (Å²) in [7, 11) is -4.45. The Hall–Kier alpha value is 0.0300. The Bertz CT molecular complexity index is 142. The third-order valence-electron chi connectivity index (χ3n) is 0.891. The maximum absolute atomic E-state index is 10.2. The van der Waals surface area contributed by atoms with Crippen molar-refractivity contribution in [1.82, 2.24) is 0 Å². The first-order valence-electron chi connectivity index (χ1n) is 2.90. The standard InChI is InChI=1S/C4H11O6P/c5-1-2-10-3-4(6)11(7,8)9/h4-6H,1-3H2,(H2,7,8,9). The summed E-state index contributed by atoms with van der Waals surface area (Å²) in [4.78, 5) is 16.6. The van der Waals surface area contributed by atoms with Gasteiger partial charge in [0.05, 0.1) is 19.8 Å². The highest BCUT2D eigenvalue weighted by atomic mass is 31.2. The van der Waals surface area contributed by atoms with Gasteiger partial charge in [-0.05, 0) is 0 Å². The van der Waals surface area contributed by atoms with E-state index in [1.165, 1.54) is 0 Å². The van der Waals surface area contributed by atoms with Gasteiger partial charge in [-0.25, -0.2) is 0 Å². The lowest BCUT2D eigenvalue weighted by Crippen LogP contribution is -2.16. The van der Waals surface area contributed by atoms with Gasteiger partial charge < -0.3 is 24.7 Å². The Balaban J connectivity index is 3.53. The number of aliphatic hydroxyl groups excluding tert-OH is 2. The number of aliphatic hydroxyl groups is 2. The largest absolute Gasteiger partial charge is 0.394 e. The maximum Gasteiger partial charge on any atom is 0.356 e. The van der Waals surface area contributed by atoms with E-state index < -0.39 is 20.0 Å². The lowest BCUT2D eigenvalue weighted by atomic mass is 10.7. The highest BCUT2D eigenvalue weighted by Crippen LogP contribution is 2.39. The molecule has 0 spiro atoms. The van der Waals surface area contributed by atoms with Crippen molar-refractivity contribution in [3.05, 3.63) is 0 Å². The molecule has 0 aromatic rings. The maximum atomic E-state index is 10.2. The highest BCUT2D eigenvalue weighted by Gasteiger charge is 2.25. The van der Waals surface area contributed by atoms with E-state index in [9.17, 15) is 4.57 Å². The van der Waals surface area contributed by atoms with Crippen LogP contribution in [0.15, 0.2) is 0 Å². The zero-order valence-corrected chi connectivity index (χ0v) is 6.65. The van der Waals surface area contributed by atoms with Crippen molar-refractivity contribution in [2.24, 2.45) is 0 Å². The summed E-state index contributed by atoms with van der Waals surface area (Å²) in [6, 6.07) is 0. The summed E-state index contributed by atoms with van der Waals surface area (Å²) in [6.45, 7) is -0.754. The third-order valence-corrected chi connectivity index (χ3v) is 1.82. The van der Waals surface area contributed by atoms with Gasteiger partial charge in [0.15, 0.2) is 5.85 Å². The zero-order chi connectivity index (χ0) is 8.91. The lowest BCUT2D eigenvalue weighted by molar-refractivity contribution is 0.0418. The second-order valence-electron chi connectivity index (χ2n) is 1.87. The van der Waals surface area contributed by atoms with Crippen molar-refractivity contribution < 1.29 is 29.3 Å². The normalized spacial score (nSPS) is 14.9. The average molecular weight is 186 g/mol. The Morgan fingerprint density at radius 1 is 1.45 bits per heavy atom. The van der Waals surface area contributed by atoms with Crippen LogP contribution in [0.3, 0.4) is 0 Å². The van der Waals surface area contributed by atoms with Gasteiger partial charge in [-0.2, -0.15) is 0 Å². The topological polar surface area (TPSA) is 107 Å². The smallest absolute Gasteiger partial charge is 0.356 e. The molecule has 0 aliphatic rings. The van der Waals surface area contributed by atoms with Gasteiger partial charge in [0.25, 0.3) is 0 Å². The van der Waals surface area contributed by atoms with Crippen LogP contribution in [0.1, 0.15) is 0 Å². The predicted octanol–water partition coefficient (Wildman–Crippen LogP) is -1.51. The van der Waals surface area contributed by atoms with Crippen LogP contribution in [0.5, 0.6) is 0 Å². The van der Waals surface area contributed by atoms with Gasteiger partial charge in [0.2, 0.25) is 0 Å². The van der Waals surface area contributed by atoms with Gasteiger partial charge in [-0.1, -0.05) is 0 Å². The molecule has 0 heterocycles. The molecule has 0 saturated heterocycles. The minimum Gasteiger partial charge on any atom is -0.394 e. The third kappa shape index (κ3) is 5.32. The molecule has 0 aliphatic heterocycles. The van der Waals surface area contributed by atoms with Crippen LogP contribution in [0, 0.1) is 0 Å². The van der Waals surface area contributed by atoms with E-state index in [-0.39, 0.29) is 13.2 Å². The van der Waals surface area contributed by atoms with Crippen molar-refractivity contribution in [2.75, 3.05) is 19.8 Å². The van der Waals surface area contributed by atoms with Crippen LogP contribution in [0.2, 0.25) is 0 Å². The first kappa shape index (κ1) is 11.0. The molecule has 4 N–H and O–H groups in total. The second kappa shape index (κ2) is 4.82. The Labute approximate surface area is 63.6 Å². The van der Waals surface area contributed by atoms with Gasteiger partial charge in [-0.3, -0.25) is 4.57 Å². The van der Waals surface area contributed by atoms with Gasteiger partial charge >= 0.3 is 7.60 Å². The number of ether oxygens (including phenoxy) is 1. The lowest BCUT2D eigenvalue weighted by Gasteiger charge is -2.11. The second-order valence-corrected chi connectivity index (χ2v) is 3.64. The van der Waals surface area contributed by atoms with Crippen molar-refractivity contribution in [3.8, 4) is 0 Å². The van der Waals surface area contributed by atoms with Crippen LogP contribution in [0.4, 0.5) is 0 Å². The first-order valence-corrected chi connectivity index (χ1v) is 4.58. The van der Waals surface area contributed by atoms with Crippen LogP contribution < -0.4 is 0 Å². The predicted molar refractivity (Wildman–Crippen MR) is 36.0 cm³/mol. The highest BCUT2D eigenvalue weighted by molar-refractivity contribution is 7.52. The molecule has 0 amide bonds. The molecule has 7 heteroatoms. The molecule has 0 fully saturated rings. The van der Waals surface area contributed by atoms with E-state index in [1.807, 2.05) is 0 Å². The van der Waals surface area contributed by atoms with E-state index in [1.54, 1.807) is 0 Å². The molecule has 0 rings (SSSR count). The summed E-state index contributed by atoms with van der Waals surface area (Å²) in [5.41, 5.74) is 0. The van der Waals surface area contributed by atoms with E-state index in [4.69, 9.17) is 20.0 Å². The molecule has 0 aliphatic carbocycles. The van der Waals surface area contributed by atoms with Crippen molar-refractivity contribution >= 4 is 7.60 Å². The monoisotopic (exact) mass is 186 g/mol. The molecule has 0 aromatic carbocycles. The number of hydrogen-bond donors (Lipinski definition) is 4. The van der Waals surface area contributed by atoms with Crippen molar-refractivity contribution in [1.29, 1.82) is 0 Å². The van der Waals surface area contributed by atoms with Gasteiger partial charge in [-0.15, -0.1) is 0 Å². The fourth-order valence-electron chi connectivity index (χ4n) is 0.350. The quantitative estimate of drug-likeness (QED) is 0.307. The average Bonchev–Trinajstić information content (AvgIpc) is 1.86. The Morgan fingerprint density at radius 2 is 2.00 bits per heavy atom. The summed E-state index contributed by atoms with van der Waals surface area (Å²) in [5.74, 6) is -1.80. The Morgan fingerprint density at radius 3 is 2.36 bits per heavy atom. The molecule has 6 nitrogen and oxygen atoms in total. The summed E-state index contributed by atoms with van der Waals surface area (Å²) in [5, 5.41) is 16.8. The van der Waals surface area contributed by atoms with Crippen LogP contribution in [0.25, 0.3) is 0 Å². The molecule has 1 atom stereocenters. The van der Waals surface area contributed by atoms with Gasteiger partial charge in [0.1, 0.15) is 0 Å². The van der Waals surface area contributed by atoms with E-state index in [0.29, 0.717) is 0 Å². The van der Waals surface area contributed by atoms with Crippen molar-refractivity contribution in [2.45, 2.75) is 5.85 Å². The molecule has 0 aromatic heterocycles. The molecule has 68 valence electrons. The van der Waals surface area contributed by atoms with E-state index >= 15 is 0 Å². The van der Waals surface area contributed by atoms with Crippen LogP contribution >= 0.6 is 7.60 Å². The minimum absolute atomic E-state index is 0.0446. The molecule has 11 heavy (non-hydrogen) atoms. The van der Waals surface area contributed by atoms with Crippen molar-refractivity contribution in [3.63, 3.8) is 0 Å². The fourth-order valence-corrected chi connectivity index (χ4v) is 0.650. The summed E-state index contributed by atoms with van der Waals surface area (Å²) < 4.78 is 14.7. The van der Waals surface area contributed by atoms with E-state index in [2.05, 4.69) is 4.74 Å². The molecule has 0 bridgehead atoms. The molecular formula is C4H11O6P. The fraction of sp³-hybridized carbons (Fsp3) is 1.00. The molecule has 1 unspecified atom stereocenters. The minimum atomic E-state index is -4.45. The first-order chi connectivity index (χ1) is 4.98. The SMILES string of the molecule is O=P(O)(O)C(O)COCCO. The zero-order valence-electron chi connectivity index (χ0n) is 5.75. The summed E-state index contributed by atoms with van der Waals surface area (Å²) >= 11 is 0. The summed E-state index contributed by atoms with van der Waals surface area (Å²) in [6.07, 6.45) is 0. The van der Waals surface area contributed by atoms with Gasteiger partial charge in [0, 0.05) is 0 Å².